The Kier molecular flexibility index (Phi) is 6.08. The number of aromatic nitrogens is 2. The van der Waals surface area contributed by atoms with E-state index in [-0.39, 0.29) is 16.8 Å². The predicted octanol–water partition coefficient (Wildman–Crippen LogP) is 5.75. The van der Waals surface area contributed by atoms with E-state index in [1.807, 2.05) is 24.0 Å². The maximum absolute atomic E-state index is 13.7. The van der Waals surface area contributed by atoms with Gasteiger partial charge in [0.25, 0.3) is 0 Å². The minimum Gasteiger partial charge on any atom is -0.497 e. The molecule has 0 spiro atoms. The van der Waals surface area contributed by atoms with E-state index in [0.717, 1.165) is 17.3 Å². The molecule has 11 heteroatoms. The highest BCUT2D eigenvalue weighted by Gasteiger charge is 2.45. The third-order valence-corrected chi connectivity index (χ3v) is 5.61. The van der Waals surface area contributed by atoms with E-state index in [0.29, 0.717) is 31.2 Å². The number of hydrogen-bond acceptors (Lipinski definition) is 5. The Bertz CT molecular complexity index is 1160. The van der Waals surface area contributed by atoms with E-state index in [1.165, 1.54) is 13.2 Å². The fraction of sp³-hybridized carbons (Fsp3) is 0.409. The van der Waals surface area contributed by atoms with Crippen LogP contribution in [0, 0.1) is 6.92 Å². The first-order chi connectivity index (χ1) is 15.7. The van der Waals surface area contributed by atoms with Crippen molar-refractivity contribution < 1.29 is 36.2 Å². The lowest BCUT2D eigenvalue weighted by atomic mass is 10.1. The van der Waals surface area contributed by atoms with Crippen molar-refractivity contribution in [1.82, 2.24) is 9.55 Å². The number of hydrogen-bond donors (Lipinski definition) is 0. The van der Waals surface area contributed by atoms with Crippen molar-refractivity contribution >= 4 is 22.7 Å². The number of anilines is 2. The highest BCUT2D eigenvalue weighted by Crippen LogP contribution is 2.44. The molecule has 1 atom stereocenters. The number of imidazole rings is 1. The molecule has 1 aliphatic heterocycles. The Morgan fingerprint density at radius 2 is 1.79 bits per heavy atom. The minimum atomic E-state index is -5.05. The molecule has 0 amide bonds. The number of alkyl halides is 5. The van der Waals surface area contributed by atoms with Crippen molar-refractivity contribution in [2.75, 3.05) is 25.7 Å². The number of methoxy groups -OCH3 is 2. The van der Waals surface area contributed by atoms with Crippen molar-refractivity contribution in [2.45, 2.75) is 38.8 Å². The zero-order valence-electron chi connectivity index (χ0n) is 18.1. The Balaban J connectivity index is 1.94. The molecule has 0 fully saturated rings. The normalized spacial score (nSPS) is 15.1. The summed E-state index contributed by atoms with van der Waals surface area (Å²) in [5.74, 6) is 1.30. The number of ether oxygens (including phenoxy) is 3. The van der Waals surface area contributed by atoms with Crippen LogP contribution in [0.5, 0.6) is 11.5 Å². The van der Waals surface area contributed by atoms with Gasteiger partial charge < -0.3 is 23.7 Å². The zero-order chi connectivity index (χ0) is 23.9. The Labute approximate surface area is 186 Å². The van der Waals surface area contributed by atoms with Gasteiger partial charge in [0.15, 0.2) is 6.10 Å². The van der Waals surface area contributed by atoms with Crippen molar-refractivity contribution in [1.29, 1.82) is 0 Å². The molecule has 0 saturated carbocycles. The molecule has 4 rings (SSSR count). The van der Waals surface area contributed by atoms with Gasteiger partial charge in [0.1, 0.15) is 17.0 Å². The first-order valence-corrected chi connectivity index (χ1v) is 10.1. The number of halogens is 5. The summed E-state index contributed by atoms with van der Waals surface area (Å²) in [4.78, 5) is 6.48. The van der Waals surface area contributed by atoms with Crippen LogP contribution < -0.4 is 14.4 Å². The summed E-state index contributed by atoms with van der Waals surface area (Å²) in [6, 6.07) is 7.87. The highest BCUT2D eigenvalue weighted by atomic mass is 19.4. The van der Waals surface area contributed by atoms with Gasteiger partial charge in [-0.2, -0.15) is 22.0 Å². The first kappa shape index (κ1) is 23.1. The monoisotopic (exact) mass is 471 g/mol. The Morgan fingerprint density at radius 1 is 1.03 bits per heavy atom. The van der Waals surface area contributed by atoms with E-state index in [9.17, 15) is 22.0 Å². The summed E-state index contributed by atoms with van der Waals surface area (Å²) >= 11 is 0. The van der Waals surface area contributed by atoms with Crippen LogP contribution in [0.2, 0.25) is 0 Å². The van der Waals surface area contributed by atoms with Gasteiger partial charge in [-0.05, 0) is 43.2 Å². The van der Waals surface area contributed by atoms with Gasteiger partial charge in [-0.25, -0.2) is 4.98 Å². The van der Waals surface area contributed by atoms with Crippen LogP contribution >= 0.6 is 0 Å². The minimum absolute atomic E-state index is 0.0585. The Hall–Kier alpha value is -3.08. The lowest BCUT2D eigenvalue weighted by Gasteiger charge is -2.31. The van der Waals surface area contributed by atoms with Gasteiger partial charge >= 0.3 is 12.8 Å². The summed E-state index contributed by atoms with van der Waals surface area (Å²) in [6.07, 6.45) is -7.26. The second kappa shape index (κ2) is 8.69. The summed E-state index contributed by atoms with van der Waals surface area (Å²) in [7, 11) is 2.93. The molecule has 0 aliphatic carbocycles. The molecule has 0 bridgehead atoms. The van der Waals surface area contributed by atoms with Gasteiger partial charge in [-0.3, -0.25) is 0 Å². The number of nitrogens with zero attached hydrogens (tertiary/aromatic N) is 3. The van der Waals surface area contributed by atoms with Gasteiger partial charge in [-0.15, -0.1) is 0 Å². The maximum Gasteiger partial charge on any atom is 0.419 e. The third kappa shape index (κ3) is 4.17. The van der Waals surface area contributed by atoms with E-state index >= 15 is 0 Å². The molecule has 6 nitrogen and oxygen atoms in total. The molecule has 2 heterocycles. The molecule has 1 aliphatic rings. The average Bonchev–Trinajstić information content (AvgIpc) is 3.16. The number of rotatable bonds is 6. The van der Waals surface area contributed by atoms with Gasteiger partial charge in [0.2, 0.25) is 5.95 Å². The molecule has 33 heavy (non-hydrogen) atoms. The number of fused-ring (bicyclic) bond motifs is 3. The number of aryl methyl sites for hydroxylation is 2. The molecule has 0 radical (unpaired) electrons. The standard InChI is InChI=1S/C22H22F5N3O3/c1-12-11-13(31-2)5-7-15(12)29-9-4-10-30-18-14(19(22(25,26)27)33-20(23)24)6-8-16(32-3)17(18)28-21(29)30/h5-8,11,19-20H,4,9-10H2,1-3H3. The van der Waals surface area contributed by atoms with Gasteiger partial charge in [0, 0.05) is 24.3 Å². The van der Waals surface area contributed by atoms with Gasteiger partial charge in [-0.1, -0.05) is 6.07 Å². The molecule has 1 unspecified atom stereocenters. The molecular formula is C22H22F5N3O3. The summed E-state index contributed by atoms with van der Waals surface area (Å²) in [5.41, 5.74) is 1.46. The van der Waals surface area contributed by atoms with E-state index in [2.05, 4.69) is 9.72 Å². The van der Waals surface area contributed by atoms with Crippen LogP contribution in [0.25, 0.3) is 11.0 Å². The second-order valence-electron chi connectivity index (χ2n) is 7.59. The van der Waals surface area contributed by atoms with Crippen molar-refractivity contribution in [2.24, 2.45) is 0 Å². The molecule has 0 saturated heterocycles. The van der Waals surface area contributed by atoms with Crippen LogP contribution in [0.4, 0.5) is 33.6 Å². The van der Waals surface area contributed by atoms with Crippen molar-refractivity contribution in [3.63, 3.8) is 0 Å². The second-order valence-corrected chi connectivity index (χ2v) is 7.59. The molecule has 2 aromatic carbocycles. The fourth-order valence-electron chi connectivity index (χ4n) is 4.23. The predicted molar refractivity (Wildman–Crippen MR) is 112 cm³/mol. The van der Waals surface area contributed by atoms with E-state index < -0.39 is 24.5 Å². The fourth-order valence-corrected chi connectivity index (χ4v) is 4.23. The molecule has 178 valence electrons. The van der Waals surface area contributed by atoms with Crippen LogP contribution in [0.15, 0.2) is 30.3 Å². The van der Waals surface area contributed by atoms with Gasteiger partial charge in [0.05, 0.1) is 19.7 Å². The topological polar surface area (TPSA) is 48.8 Å². The lowest BCUT2D eigenvalue weighted by molar-refractivity contribution is -0.276. The SMILES string of the molecule is COc1ccc(N2CCCn3c2nc2c(OC)ccc(C(OC(F)F)C(F)(F)F)c23)c(C)c1. The zero-order valence-corrected chi connectivity index (χ0v) is 18.1. The van der Waals surface area contributed by atoms with E-state index in [4.69, 9.17) is 9.47 Å². The molecular weight excluding hydrogens is 449 g/mol. The van der Waals surface area contributed by atoms with Crippen molar-refractivity contribution in [3.8, 4) is 11.5 Å². The number of benzene rings is 2. The summed E-state index contributed by atoms with van der Waals surface area (Å²) < 4.78 is 83.3. The van der Waals surface area contributed by atoms with Crippen LogP contribution in [-0.4, -0.2) is 43.1 Å². The van der Waals surface area contributed by atoms with Crippen LogP contribution in [-0.2, 0) is 11.3 Å². The third-order valence-electron chi connectivity index (χ3n) is 5.61. The van der Waals surface area contributed by atoms with E-state index in [1.54, 1.807) is 17.7 Å². The van der Waals surface area contributed by atoms with Crippen LogP contribution in [0.1, 0.15) is 23.7 Å². The lowest BCUT2D eigenvalue weighted by Crippen LogP contribution is -2.29. The Morgan fingerprint density at radius 3 is 2.39 bits per heavy atom. The molecule has 3 aromatic rings. The quantitative estimate of drug-likeness (QED) is 0.429. The summed E-state index contributed by atoms with van der Waals surface area (Å²) in [5, 5.41) is 0. The smallest absolute Gasteiger partial charge is 0.419 e. The molecule has 1 aromatic heterocycles. The summed E-state index contributed by atoms with van der Waals surface area (Å²) in [6.45, 7) is -0.779. The molecule has 0 N–H and O–H groups in total. The van der Waals surface area contributed by atoms with Crippen LogP contribution in [0.3, 0.4) is 0 Å². The average molecular weight is 471 g/mol. The van der Waals surface area contributed by atoms with Crippen molar-refractivity contribution in [3.05, 3.63) is 41.5 Å². The maximum atomic E-state index is 13.7. The largest absolute Gasteiger partial charge is 0.497 e. The first-order valence-electron chi connectivity index (χ1n) is 10.1. The highest BCUT2D eigenvalue weighted by molar-refractivity contribution is 5.89.